The summed E-state index contributed by atoms with van der Waals surface area (Å²) in [5.41, 5.74) is 0.370. The average Bonchev–Trinajstić information content (AvgIpc) is 2.75. The van der Waals surface area contributed by atoms with Gasteiger partial charge in [0.1, 0.15) is 12.6 Å². The van der Waals surface area contributed by atoms with Crippen LogP contribution in [0.4, 0.5) is 5.69 Å². The van der Waals surface area contributed by atoms with E-state index in [0.717, 1.165) is 8.61 Å². The lowest BCUT2D eigenvalue weighted by atomic mass is 10.1. The molecule has 0 saturated carbocycles. The van der Waals surface area contributed by atoms with Crippen molar-refractivity contribution in [3.63, 3.8) is 0 Å². The van der Waals surface area contributed by atoms with Gasteiger partial charge in [0.2, 0.25) is 11.8 Å². The Morgan fingerprint density at radius 2 is 1.63 bits per heavy atom. The number of anilines is 1. The van der Waals surface area contributed by atoms with Crippen LogP contribution < -0.4 is 9.62 Å². The van der Waals surface area contributed by atoms with Gasteiger partial charge in [-0.05, 0) is 57.5 Å². The van der Waals surface area contributed by atoms with Gasteiger partial charge in [0.15, 0.2) is 0 Å². The van der Waals surface area contributed by atoms with Gasteiger partial charge in [0, 0.05) is 36.2 Å². The van der Waals surface area contributed by atoms with Crippen LogP contribution in [-0.4, -0.2) is 61.7 Å². The zero-order valence-electron chi connectivity index (χ0n) is 20.7. The molecule has 1 unspecified atom stereocenters. The van der Waals surface area contributed by atoms with Crippen molar-refractivity contribution < 1.29 is 18.0 Å². The number of nitrogens with one attached hydrogen (secondary N) is 1. The van der Waals surface area contributed by atoms with Crippen molar-refractivity contribution in [2.75, 3.05) is 24.9 Å². The number of hydrogen-bond donors (Lipinski definition) is 1. The van der Waals surface area contributed by atoms with E-state index in [0.29, 0.717) is 21.3 Å². The van der Waals surface area contributed by atoms with Crippen LogP contribution in [-0.2, 0) is 26.3 Å². The molecule has 2 rings (SSSR count). The maximum absolute atomic E-state index is 13.6. The van der Waals surface area contributed by atoms with E-state index < -0.39 is 34.2 Å². The molecule has 192 valence electrons. The molecule has 2 aromatic rings. The van der Waals surface area contributed by atoms with Gasteiger partial charge in [-0.25, -0.2) is 4.31 Å². The van der Waals surface area contributed by atoms with Crippen molar-refractivity contribution in [2.24, 2.45) is 0 Å². The summed E-state index contributed by atoms with van der Waals surface area (Å²) >= 11 is 12.4. The Balaban J connectivity index is 2.48. The molecular formula is C24H32Cl2N4O4S. The standard InChI is InChI=1S/C24H32Cl2N4O4S/c1-17(23(32)27-24(2,3)4)29(15-18-12-13-19(25)14-21(18)26)22(31)16-30(35(33,34)28(5)6)20-10-8-7-9-11-20/h7-14,17H,15-16H2,1-6H3,(H,27,32). The van der Waals surface area contributed by atoms with Gasteiger partial charge in [-0.1, -0.05) is 47.5 Å². The third-order valence-corrected chi connectivity index (χ3v) is 7.49. The summed E-state index contributed by atoms with van der Waals surface area (Å²) < 4.78 is 28.2. The van der Waals surface area contributed by atoms with Crippen LogP contribution in [0.2, 0.25) is 10.0 Å². The second-order valence-electron chi connectivity index (χ2n) is 9.30. The van der Waals surface area contributed by atoms with Crippen LogP contribution in [0.1, 0.15) is 33.3 Å². The molecule has 0 aromatic heterocycles. The number of para-hydroxylation sites is 1. The molecule has 11 heteroatoms. The Labute approximate surface area is 218 Å². The first-order valence-corrected chi connectivity index (χ1v) is 13.1. The minimum absolute atomic E-state index is 0.0157. The summed E-state index contributed by atoms with van der Waals surface area (Å²) in [6.45, 7) is 6.57. The number of halogens is 2. The van der Waals surface area contributed by atoms with Crippen molar-refractivity contribution in [1.29, 1.82) is 0 Å². The molecule has 0 heterocycles. The number of benzene rings is 2. The van der Waals surface area contributed by atoms with Crippen molar-refractivity contribution in [3.05, 3.63) is 64.1 Å². The van der Waals surface area contributed by atoms with Gasteiger partial charge in [-0.15, -0.1) is 0 Å². The Hall–Kier alpha value is -2.33. The molecule has 0 aliphatic rings. The molecule has 0 radical (unpaired) electrons. The summed E-state index contributed by atoms with van der Waals surface area (Å²) in [6.07, 6.45) is 0. The van der Waals surface area contributed by atoms with Gasteiger partial charge < -0.3 is 10.2 Å². The van der Waals surface area contributed by atoms with Crippen LogP contribution in [0.3, 0.4) is 0 Å². The van der Waals surface area contributed by atoms with E-state index in [4.69, 9.17) is 23.2 Å². The molecule has 2 amide bonds. The first-order chi connectivity index (χ1) is 16.1. The lowest BCUT2D eigenvalue weighted by Gasteiger charge is -2.34. The molecule has 2 aromatic carbocycles. The highest BCUT2D eigenvalue weighted by Gasteiger charge is 2.33. The van der Waals surface area contributed by atoms with E-state index in [2.05, 4.69) is 5.32 Å². The summed E-state index contributed by atoms with van der Waals surface area (Å²) in [5.74, 6) is -0.945. The Kier molecular flexibility index (Phi) is 9.58. The number of carbonyl (C=O) groups is 2. The second kappa shape index (κ2) is 11.6. The Morgan fingerprint density at radius 1 is 1.03 bits per heavy atom. The highest BCUT2D eigenvalue weighted by Crippen LogP contribution is 2.25. The lowest BCUT2D eigenvalue weighted by Crippen LogP contribution is -2.55. The lowest BCUT2D eigenvalue weighted by molar-refractivity contribution is -0.140. The molecule has 0 bridgehead atoms. The molecule has 0 fully saturated rings. The van der Waals surface area contributed by atoms with Crippen molar-refractivity contribution in [3.8, 4) is 0 Å². The Morgan fingerprint density at radius 3 is 2.14 bits per heavy atom. The number of nitrogens with zero attached hydrogens (tertiary/aromatic N) is 3. The molecule has 0 spiro atoms. The van der Waals surface area contributed by atoms with Gasteiger partial charge in [-0.2, -0.15) is 12.7 Å². The van der Waals surface area contributed by atoms with Crippen LogP contribution >= 0.6 is 23.2 Å². The number of hydrogen-bond acceptors (Lipinski definition) is 4. The first-order valence-electron chi connectivity index (χ1n) is 10.9. The molecule has 0 aliphatic heterocycles. The fourth-order valence-corrected chi connectivity index (χ4v) is 4.73. The smallest absolute Gasteiger partial charge is 0.304 e. The zero-order valence-corrected chi connectivity index (χ0v) is 23.1. The highest BCUT2D eigenvalue weighted by molar-refractivity contribution is 7.90. The summed E-state index contributed by atoms with van der Waals surface area (Å²) in [7, 11) is -1.23. The predicted octanol–water partition coefficient (Wildman–Crippen LogP) is 3.94. The van der Waals surface area contributed by atoms with Crippen molar-refractivity contribution in [2.45, 2.75) is 45.8 Å². The predicted molar refractivity (Wildman–Crippen MR) is 141 cm³/mol. The quantitative estimate of drug-likeness (QED) is 0.519. The van der Waals surface area contributed by atoms with Gasteiger partial charge in [0.25, 0.3) is 0 Å². The molecular weight excluding hydrogens is 511 g/mol. The van der Waals surface area contributed by atoms with E-state index in [9.17, 15) is 18.0 Å². The van der Waals surface area contributed by atoms with Gasteiger partial charge >= 0.3 is 10.2 Å². The highest BCUT2D eigenvalue weighted by atomic mass is 35.5. The zero-order chi connectivity index (χ0) is 26.6. The van der Waals surface area contributed by atoms with Crippen LogP contribution in [0.25, 0.3) is 0 Å². The molecule has 0 aliphatic carbocycles. The van der Waals surface area contributed by atoms with E-state index in [-0.39, 0.29) is 12.5 Å². The van der Waals surface area contributed by atoms with E-state index in [1.54, 1.807) is 55.5 Å². The fraction of sp³-hybridized carbons (Fsp3) is 0.417. The van der Waals surface area contributed by atoms with Crippen LogP contribution in [0.5, 0.6) is 0 Å². The average molecular weight is 544 g/mol. The van der Waals surface area contributed by atoms with Crippen molar-refractivity contribution >= 4 is 50.9 Å². The third-order valence-electron chi connectivity index (χ3n) is 5.08. The Bertz CT molecular complexity index is 1150. The fourth-order valence-electron chi connectivity index (χ4n) is 3.20. The van der Waals surface area contributed by atoms with E-state index in [1.807, 2.05) is 20.8 Å². The largest absolute Gasteiger partial charge is 0.350 e. The number of carbonyl (C=O) groups excluding carboxylic acids is 2. The monoisotopic (exact) mass is 542 g/mol. The molecule has 1 atom stereocenters. The van der Waals surface area contributed by atoms with Crippen LogP contribution in [0.15, 0.2) is 48.5 Å². The van der Waals surface area contributed by atoms with E-state index >= 15 is 0 Å². The summed E-state index contributed by atoms with van der Waals surface area (Å²) in [5, 5.41) is 3.64. The summed E-state index contributed by atoms with van der Waals surface area (Å²) in [4.78, 5) is 28.0. The number of rotatable bonds is 9. The normalized spacial score (nSPS) is 12.8. The van der Waals surface area contributed by atoms with E-state index in [1.165, 1.54) is 19.0 Å². The minimum Gasteiger partial charge on any atom is -0.350 e. The minimum atomic E-state index is -4.01. The maximum atomic E-state index is 13.6. The third kappa shape index (κ3) is 7.83. The maximum Gasteiger partial charge on any atom is 0.304 e. The molecule has 35 heavy (non-hydrogen) atoms. The number of amides is 2. The second-order valence-corrected chi connectivity index (χ2v) is 12.2. The van der Waals surface area contributed by atoms with Crippen LogP contribution in [0, 0.1) is 0 Å². The van der Waals surface area contributed by atoms with Gasteiger partial charge in [-0.3, -0.25) is 9.59 Å². The molecule has 1 N–H and O–H groups in total. The molecule has 0 saturated heterocycles. The first kappa shape index (κ1) is 28.9. The van der Waals surface area contributed by atoms with Crippen molar-refractivity contribution in [1.82, 2.24) is 14.5 Å². The SMILES string of the molecule is CC(C(=O)NC(C)(C)C)N(Cc1ccc(Cl)cc1Cl)C(=O)CN(c1ccccc1)S(=O)(=O)N(C)C. The molecule has 8 nitrogen and oxygen atoms in total. The topological polar surface area (TPSA) is 90.0 Å². The van der Waals surface area contributed by atoms with Gasteiger partial charge in [0.05, 0.1) is 5.69 Å². The summed E-state index contributed by atoms with van der Waals surface area (Å²) in [6, 6.07) is 12.3.